The molecular weight excluding hydrogens is 387 g/mol. The van der Waals surface area contributed by atoms with Crippen molar-refractivity contribution in [2.45, 2.75) is 170 Å². The van der Waals surface area contributed by atoms with Crippen molar-refractivity contribution < 1.29 is 0 Å². The lowest BCUT2D eigenvalue weighted by atomic mass is 9.84. The first-order valence-electron chi connectivity index (χ1n) is 15.3. The molecule has 0 N–H and O–H groups in total. The van der Waals surface area contributed by atoms with Crippen LogP contribution in [0.1, 0.15) is 156 Å². The minimum Gasteiger partial charge on any atom is -0.0789 e. The Hall–Kier alpha value is 0.532. The fourth-order valence-corrected chi connectivity index (χ4v) is 16.0. The van der Waals surface area contributed by atoms with Crippen LogP contribution >= 0.6 is 0 Å². The molecule has 0 aromatic rings. The quantitative estimate of drug-likeness (QED) is 0.262. The molecule has 180 valence electrons. The zero-order valence-corrected chi connectivity index (χ0v) is 23.0. The smallest absolute Gasteiger partial charge is 0.0789 e. The molecule has 0 heterocycles. The van der Waals surface area contributed by atoms with Gasteiger partial charge in [-0.05, 0) is 0 Å². The molecule has 3 fully saturated rings. The van der Waals surface area contributed by atoms with Gasteiger partial charge < -0.3 is 0 Å². The summed E-state index contributed by atoms with van der Waals surface area (Å²) in [6, 6.07) is 0. The highest BCUT2D eigenvalue weighted by molar-refractivity contribution is 6.64. The molecule has 3 aliphatic rings. The molecule has 0 saturated heterocycles. The van der Waals surface area contributed by atoms with E-state index in [0.29, 0.717) is 0 Å². The van der Waals surface area contributed by atoms with Crippen molar-refractivity contribution in [3.63, 3.8) is 0 Å². The number of hydrogen-bond donors (Lipinski definition) is 0. The van der Waals surface area contributed by atoms with E-state index < -0.39 is 14.1 Å². The summed E-state index contributed by atoms with van der Waals surface area (Å²) in [5, 5.41) is 0. The van der Waals surface area contributed by atoms with Crippen LogP contribution in [0.4, 0.5) is 0 Å². The van der Waals surface area contributed by atoms with E-state index in [4.69, 9.17) is 0 Å². The summed E-state index contributed by atoms with van der Waals surface area (Å²) in [6.45, 7) is 7.56. The molecule has 3 aliphatic carbocycles. The van der Waals surface area contributed by atoms with Crippen LogP contribution in [0.3, 0.4) is 0 Å². The Morgan fingerprint density at radius 3 is 0.935 bits per heavy atom. The van der Waals surface area contributed by atoms with Crippen molar-refractivity contribution in [3.8, 4) is 0 Å². The summed E-state index contributed by atoms with van der Waals surface area (Å²) < 4.78 is 3.55. The van der Waals surface area contributed by atoms with Gasteiger partial charge in [-0.1, -0.05) is 188 Å². The first-order valence-corrected chi connectivity index (χ1v) is 17.3. The van der Waals surface area contributed by atoms with Crippen LogP contribution in [-0.2, 0) is 0 Å². The summed E-state index contributed by atoms with van der Waals surface area (Å²) in [6.07, 6.45) is 32.7. The van der Waals surface area contributed by atoms with Crippen LogP contribution < -0.4 is 0 Å². The Morgan fingerprint density at radius 1 is 0.452 bits per heavy atom. The molecule has 0 amide bonds. The highest BCUT2D eigenvalue weighted by Crippen LogP contribution is 2.54. The van der Waals surface area contributed by atoms with Gasteiger partial charge in [0.1, 0.15) is 0 Å². The van der Waals surface area contributed by atoms with E-state index in [1.165, 1.54) is 52.9 Å². The molecule has 0 aromatic heterocycles. The van der Waals surface area contributed by atoms with Crippen LogP contribution in [0.15, 0.2) is 0 Å². The van der Waals surface area contributed by atoms with Gasteiger partial charge in [0.25, 0.3) is 14.1 Å². The van der Waals surface area contributed by atoms with Gasteiger partial charge in [-0.2, -0.15) is 0 Å². The summed E-state index contributed by atoms with van der Waals surface area (Å²) in [5.41, 5.74) is 0. The van der Waals surface area contributed by atoms with Gasteiger partial charge in [-0.25, -0.2) is 0 Å². The first-order chi connectivity index (χ1) is 15.3. The monoisotopic (exact) mass is 444 g/mol. The second-order valence-electron chi connectivity index (χ2n) is 12.1. The lowest BCUT2D eigenvalue weighted by Gasteiger charge is -2.47. The maximum atomic E-state index is 2.52. The molecule has 1 heteroatoms. The first kappa shape index (κ1) is 26.1. The van der Waals surface area contributed by atoms with Crippen molar-refractivity contribution in [3.05, 3.63) is 0 Å². The fourth-order valence-electron chi connectivity index (χ4n) is 8.87. The van der Waals surface area contributed by atoms with Gasteiger partial charge in [-0.3, -0.25) is 0 Å². The molecule has 3 rings (SSSR count). The molecule has 0 bridgehead atoms. The Bertz CT molecular complexity index is 375. The van der Waals surface area contributed by atoms with E-state index in [2.05, 4.69) is 20.8 Å². The molecule has 31 heavy (non-hydrogen) atoms. The molecule has 0 nitrogen and oxygen atoms in total. The Labute approximate surface area is 201 Å². The maximum absolute atomic E-state index is 2.52. The van der Waals surface area contributed by atoms with Gasteiger partial charge in [0.15, 0.2) is 0 Å². The molecular formula is C30H57Al. The van der Waals surface area contributed by atoms with Gasteiger partial charge in [-0.15, -0.1) is 0 Å². The highest BCUT2D eigenvalue weighted by atomic mass is 27.2. The molecule has 3 atom stereocenters. The third-order valence-electron chi connectivity index (χ3n) is 10.1. The predicted octanol–water partition coefficient (Wildman–Crippen LogP) is 10.7. The lowest BCUT2D eigenvalue weighted by molar-refractivity contribution is 0.281. The minimum absolute atomic E-state index is 0.851. The minimum atomic E-state index is -0.851. The average molecular weight is 445 g/mol. The van der Waals surface area contributed by atoms with E-state index in [-0.39, 0.29) is 0 Å². The third kappa shape index (κ3) is 7.51. The van der Waals surface area contributed by atoms with Crippen molar-refractivity contribution in [2.24, 2.45) is 17.8 Å². The van der Waals surface area contributed by atoms with E-state index in [9.17, 15) is 0 Å². The van der Waals surface area contributed by atoms with Gasteiger partial charge in [0.2, 0.25) is 0 Å². The van der Waals surface area contributed by atoms with Crippen molar-refractivity contribution in [1.29, 1.82) is 0 Å². The second kappa shape index (κ2) is 14.7. The van der Waals surface area contributed by atoms with E-state index in [1.807, 2.05) is 0 Å². The molecule has 0 aromatic carbocycles. The standard InChI is InChI=1S/3C10H19.Al/c3*1-2-3-7-10-8-5-4-6-9-10;/h3*7,10H,2-6,8-9H2,1H3;. The van der Waals surface area contributed by atoms with Gasteiger partial charge in [0.05, 0.1) is 0 Å². The van der Waals surface area contributed by atoms with Crippen molar-refractivity contribution in [2.75, 3.05) is 0 Å². The normalized spacial score (nSPS) is 25.3. The molecule has 0 spiro atoms. The van der Waals surface area contributed by atoms with Crippen LogP contribution in [0.5, 0.6) is 0 Å². The molecule has 0 radical (unpaired) electrons. The van der Waals surface area contributed by atoms with Crippen molar-refractivity contribution in [1.82, 2.24) is 0 Å². The Kier molecular flexibility index (Phi) is 12.4. The van der Waals surface area contributed by atoms with E-state index in [0.717, 1.165) is 17.8 Å². The zero-order valence-electron chi connectivity index (χ0n) is 21.9. The number of rotatable bonds is 12. The van der Waals surface area contributed by atoms with Gasteiger partial charge in [0, 0.05) is 0 Å². The van der Waals surface area contributed by atoms with Crippen LogP contribution in [-0.4, -0.2) is 14.1 Å². The number of hydrogen-bond acceptors (Lipinski definition) is 0. The van der Waals surface area contributed by atoms with Gasteiger partial charge >= 0.3 is 0 Å². The van der Waals surface area contributed by atoms with E-state index >= 15 is 0 Å². The average Bonchev–Trinajstić information content (AvgIpc) is 2.84. The highest BCUT2D eigenvalue weighted by Gasteiger charge is 2.48. The Balaban J connectivity index is 1.95. The summed E-state index contributed by atoms with van der Waals surface area (Å²) >= 11 is -0.851. The van der Waals surface area contributed by atoms with Crippen molar-refractivity contribution >= 4 is 14.1 Å². The Morgan fingerprint density at radius 2 is 0.710 bits per heavy atom. The topological polar surface area (TPSA) is 0 Å². The molecule has 3 saturated carbocycles. The zero-order chi connectivity index (χ0) is 21.9. The summed E-state index contributed by atoms with van der Waals surface area (Å²) in [7, 11) is 0. The second-order valence-corrected chi connectivity index (χ2v) is 15.9. The predicted molar refractivity (Wildman–Crippen MR) is 141 cm³/mol. The third-order valence-corrected chi connectivity index (χ3v) is 15.7. The van der Waals surface area contributed by atoms with Crippen LogP contribution in [0.2, 0.25) is 14.3 Å². The molecule has 3 unspecified atom stereocenters. The largest absolute Gasteiger partial charge is 0.273 e. The SMILES string of the molecule is CCC[CH](C1CCCCC1)[Al]([CH](CCC)C1CCCCC1)[CH](CCC)C1CCCCC1. The summed E-state index contributed by atoms with van der Waals surface area (Å²) in [5.74, 6) is 3.36. The fraction of sp³-hybridized carbons (Fsp3) is 1.00. The van der Waals surface area contributed by atoms with Crippen LogP contribution in [0, 0.1) is 17.8 Å². The molecule has 0 aliphatic heterocycles. The maximum Gasteiger partial charge on any atom is 0.273 e. The van der Waals surface area contributed by atoms with Crippen LogP contribution in [0.25, 0.3) is 0 Å². The lowest BCUT2D eigenvalue weighted by Crippen LogP contribution is -2.42. The van der Waals surface area contributed by atoms with E-state index in [1.54, 1.807) is 96.3 Å². The summed E-state index contributed by atoms with van der Waals surface area (Å²) in [4.78, 5) is 0.